The van der Waals surface area contributed by atoms with Crippen molar-refractivity contribution < 1.29 is 23.8 Å². The van der Waals surface area contributed by atoms with Crippen molar-refractivity contribution in [2.75, 3.05) is 38.1 Å². The lowest BCUT2D eigenvalue weighted by molar-refractivity contribution is -0.117. The first-order valence-corrected chi connectivity index (χ1v) is 8.43. The number of carbonyl (C=O) groups excluding carboxylic acids is 2. The minimum absolute atomic E-state index is 0.118. The van der Waals surface area contributed by atoms with Crippen LogP contribution in [0, 0.1) is 0 Å². The summed E-state index contributed by atoms with van der Waals surface area (Å²) in [6.07, 6.45) is 0.118. The predicted octanol–water partition coefficient (Wildman–Crippen LogP) is 3.09. The Labute approximate surface area is 158 Å². The summed E-state index contributed by atoms with van der Waals surface area (Å²) in [5.74, 6) is 1.29. The van der Waals surface area contributed by atoms with E-state index in [-0.39, 0.29) is 24.8 Å². The number of anilines is 2. The Morgan fingerprint density at radius 2 is 1.67 bits per heavy atom. The van der Waals surface area contributed by atoms with Crippen molar-refractivity contribution in [3.63, 3.8) is 0 Å². The van der Waals surface area contributed by atoms with E-state index >= 15 is 0 Å². The minimum Gasteiger partial charge on any atom is -0.497 e. The predicted molar refractivity (Wildman–Crippen MR) is 104 cm³/mol. The highest BCUT2D eigenvalue weighted by Crippen LogP contribution is 2.30. The van der Waals surface area contributed by atoms with Crippen LogP contribution in [0.5, 0.6) is 17.2 Å². The van der Waals surface area contributed by atoms with Crippen LogP contribution >= 0.6 is 0 Å². The smallest absolute Gasteiger partial charge is 0.226 e. The van der Waals surface area contributed by atoms with Crippen LogP contribution in [-0.2, 0) is 9.59 Å². The van der Waals surface area contributed by atoms with Crippen LogP contribution in [0.25, 0.3) is 0 Å². The van der Waals surface area contributed by atoms with Crippen molar-refractivity contribution in [3.05, 3.63) is 42.5 Å². The normalized spacial score (nSPS) is 10.1. The van der Waals surface area contributed by atoms with Crippen molar-refractivity contribution in [2.45, 2.75) is 13.3 Å². The van der Waals surface area contributed by atoms with Gasteiger partial charge < -0.3 is 24.4 Å². The highest BCUT2D eigenvalue weighted by atomic mass is 16.5. The average Bonchev–Trinajstić information content (AvgIpc) is 2.68. The molecule has 7 heteroatoms. The van der Waals surface area contributed by atoms with Crippen LogP contribution in [0.1, 0.15) is 13.3 Å². The average molecular weight is 372 g/mol. The van der Waals surface area contributed by atoms with Crippen molar-refractivity contribution >= 4 is 23.2 Å². The number of amides is 2. The maximum absolute atomic E-state index is 12.4. The number of methoxy groups -OCH3 is 3. The van der Waals surface area contributed by atoms with Gasteiger partial charge in [0, 0.05) is 26.0 Å². The fraction of sp³-hybridized carbons (Fsp3) is 0.300. The SMILES string of the molecule is COc1ccc(NC(=O)CCN(C(C)=O)c2ccccc2OC)c(OC)c1. The summed E-state index contributed by atoms with van der Waals surface area (Å²) in [6, 6.07) is 12.3. The number of carbonyl (C=O) groups is 2. The third kappa shape index (κ3) is 5.13. The Hall–Kier alpha value is -3.22. The van der Waals surface area contributed by atoms with Crippen LogP contribution < -0.4 is 24.4 Å². The fourth-order valence-electron chi connectivity index (χ4n) is 2.63. The van der Waals surface area contributed by atoms with Crippen LogP contribution in [-0.4, -0.2) is 39.7 Å². The fourth-order valence-corrected chi connectivity index (χ4v) is 2.63. The quantitative estimate of drug-likeness (QED) is 0.770. The number of nitrogens with one attached hydrogen (secondary N) is 1. The molecule has 0 saturated carbocycles. The van der Waals surface area contributed by atoms with E-state index < -0.39 is 0 Å². The lowest BCUT2D eigenvalue weighted by Crippen LogP contribution is -2.32. The summed E-state index contributed by atoms with van der Waals surface area (Å²) in [5.41, 5.74) is 1.16. The molecule has 2 aromatic rings. The van der Waals surface area contributed by atoms with Crippen molar-refractivity contribution in [2.24, 2.45) is 0 Å². The highest BCUT2D eigenvalue weighted by molar-refractivity contribution is 5.96. The minimum atomic E-state index is -0.236. The zero-order chi connectivity index (χ0) is 19.8. The first-order valence-electron chi connectivity index (χ1n) is 8.43. The van der Waals surface area contributed by atoms with Gasteiger partial charge in [0.05, 0.1) is 32.7 Å². The van der Waals surface area contributed by atoms with Gasteiger partial charge in [-0.2, -0.15) is 0 Å². The third-order valence-electron chi connectivity index (χ3n) is 4.00. The molecule has 0 atom stereocenters. The van der Waals surface area contributed by atoms with E-state index in [2.05, 4.69) is 5.32 Å². The number of nitrogens with zero attached hydrogens (tertiary/aromatic N) is 1. The second kappa shape index (κ2) is 9.47. The van der Waals surface area contributed by atoms with Gasteiger partial charge in [-0.3, -0.25) is 9.59 Å². The van der Waals surface area contributed by atoms with Crippen LogP contribution in [0.3, 0.4) is 0 Å². The second-order valence-corrected chi connectivity index (χ2v) is 5.71. The van der Waals surface area contributed by atoms with E-state index in [0.29, 0.717) is 28.6 Å². The number of hydrogen-bond donors (Lipinski definition) is 1. The summed E-state index contributed by atoms with van der Waals surface area (Å²) >= 11 is 0. The monoisotopic (exact) mass is 372 g/mol. The van der Waals surface area contributed by atoms with Gasteiger partial charge in [-0.1, -0.05) is 12.1 Å². The van der Waals surface area contributed by atoms with E-state index in [1.54, 1.807) is 44.6 Å². The zero-order valence-corrected chi connectivity index (χ0v) is 15.9. The maximum atomic E-state index is 12.4. The number of rotatable bonds is 8. The molecule has 0 spiro atoms. The van der Waals surface area contributed by atoms with E-state index in [4.69, 9.17) is 14.2 Å². The standard InChI is InChI=1S/C20H24N2O5/c1-14(23)22(17-7-5-6-8-18(17)26-3)12-11-20(24)21-16-10-9-15(25-2)13-19(16)27-4/h5-10,13H,11-12H2,1-4H3,(H,21,24). The summed E-state index contributed by atoms with van der Waals surface area (Å²) in [6.45, 7) is 1.68. The van der Waals surface area contributed by atoms with E-state index in [1.807, 2.05) is 12.1 Å². The molecule has 0 saturated heterocycles. The topological polar surface area (TPSA) is 77.1 Å². The molecule has 0 heterocycles. The van der Waals surface area contributed by atoms with Crippen molar-refractivity contribution in [1.29, 1.82) is 0 Å². The largest absolute Gasteiger partial charge is 0.497 e. The van der Waals surface area contributed by atoms with Gasteiger partial charge in [-0.05, 0) is 24.3 Å². The lowest BCUT2D eigenvalue weighted by Gasteiger charge is -2.23. The molecular formula is C20H24N2O5. The van der Waals surface area contributed by atoms with Gasteiger partial charge in [0.15, 0.2) is 0 Å². The molecule has 7 nitrogen and oxygen atoms in total. The van der Waals surface area contributed by atoms with Crippen LogP contribution in [0.4, 0.5) is 11.4 Å². The molecule has 1 N–H and O–H groups in total. The van der Waals surface area contributed by atoms with E-state index in [9.17, 15) is 9.59 Å². The molecule has 2 aromatic carbocycles. The molecule has 0 aromatic heterocycles. The Bertz CT molecular complexity index is 807. The van der Waals surface area contributed by atoms with Gasteiger partial charge in [0.1, 0.15) is 17.2 Å². The Balaban J connectivity index is 2.08. The lowest BCUT2D eigenvalue weighted by atomic mass is 10.2. The van der Waals surface area contributed by atoms with Gasteiger partial charge in [-0.25, -0.2) is 0 Å². The van der Waals surface area contributed by atoms with E-state index in [1.165, 1.54) is 18.9 Å². The van der Waals surface area contributed by atoms with Gasteiger partial charge in [-0.15, -0.1) is 0 Å². The van der Waals surface area contributed by atoms with Crippen LogP contribution in [0.15, 0.2) is 42.5 Å². The number of ether oxygens (including phenoxy) is 3. The molecule has 0 bridgehead atoms. The molecule has 27 heavy (non-hydrogen) atoms. The Morgan fingerprint density at radius 3 is 2.30 bits per heavy atom. The Morgan fingerprint density at radius 1 is 0.963 bits per heavy atom. The molecule has 0 aliphatic heterocycles. The molecule has 2 rings (SSSR count). The molecule has 0 unspecified atom stereocenters. The van der Waals surface area contributed by atoms with Crippen molar-refractivity contribution in [3.8, 4) is 17.2 Å². The van der Waals surface area contributed by atoms with Gasteiger partial charge in [0.2, 0.25) is 11.8 Å². The molecular weight excluding hydrogens is 348 g/mol. The van der Waals surface area contributed by atoms with Crippen LogP contribution in [0.2, 0.25) is 0 Å². The second-order valence-electron chi connectivity index (χ2n) is 5.71. The molecule has 0 fully saturated rings. The maximum Gasteiger partial charge on any atom is 0.226 e. The summed E-state index contributed by atoms with van der Waals surface area (Å²) in [4.78, 5) is 26.0. The molecule has 0 aliphatic carbocycles. The molecule has 144 valence electrons. The first-order chi connectivity index (χ1) is 13.0. The summed E-state index contributed by atoms with van der Waals surface area (Å²) in [5, 5.41) is 2.80. The molecule has 2 amide bonds. The number of benzene rings is 2. The third-order valence-corrected chi connectivity index (χ3v) is 4.00. The highest BCUT2D eigenvalue weighted by Gasteiger charge is 2.17. The first kappa shape index (κ1) is 20.1. The van der Waals surface area contributed by atoms with Crippen molar-refractivity contribution in [1.82, 2.24) is 0 Å². The number of hydrogen-bond acceptors (Lipinski definition) is 5. The summed E-state index contributed by atoms with van der Waals surface area (Å²) < 4.78 is 15.7. The Kier molecular flexibility index (Phi) is 7.05. The molecule has 0 radical (unpaired) electrons. The summed E-state index contributed by atoms with van der Waals surface area (Å²) in [7, 11) is 4.62. The van der Waals surface area contributed by atoms with Gasteiger partial charge in [0.25, 0.3) is 0 Å². The number of para-hydroxylation sites is 2. The van der Waals surface area contributed by atoms with Gasteiger partial charge >= 0.3 is 0 Å². The molecule has 0 aliphatic rings. The zero-order valence-electron chi connectivity index (χ0n) is 15.9. The van der Waals surface area contributed by atoms with E-state index in [0.717, 1.165) is 0 Å².